The molecule has 2 aromatic carbocycles. The fourth-order valence-electron chi connectivity index (χ4n) is 7.00. The molecule has 1 spiro atoms. The van der Waals surface area contributed by atoms with Crippen molar-refractivity contribution in [2.45, 2.75) is 69.7 Å². The summed E-state index contributed by atoms with van der Waals surface area (Å²) in [6.45, 7) is 8.67. The zero-order valence-corrected chi connectivity index (χ0v) is 23.4. The maximum atomic E-state index is 12.4. The van der Waals surface area contributed by atoms with Crippen LogP contribution in [-0.4, -0.2) is 47.1 Å². The largest absolute Gasteiger partial charge is 0.370 e. The Labute approximate surface area is 230 Å². The fraction of sp³-hybridized carbons (Fsp3) is 0.484. The number of aryl methyl sites for hydroxylation is 2. The van der Waals surface area contributed by atoms with Crippen molar-refractivity contribution in [1.29, 1.82) is 0 Å². The average molecular weight is 530 g/mol. The Morgan fingerprint density at radius 3 is 2.50 bits per heavy atom. The number of hydrogen-bond acceptors (Lipinski definition) is 6. The van der Waals surface area contributed by atoms with Crippen molar-refractivity contribution in [2.75, 3.05) is 35.8 Å². The first kappa shape index (κ1) is 25.5. The van der Waals surface area contributed by atoms with Gasteiger partial charge in [-0.3, -0.25) is 19.4 Å². The van der Waals surface area contributed by atoms with Crippen LogP contribution in [0.4, 0.5) is 11.6 Å². The molecule has 1 saturated heterocycles. The average Bonchev–Trinajstić information content (AvgIpc) is 3.25. The Hall–Kier alpha value is -2.77. The van der Waals surface area contributed by atoms with E-state index >= 15 is 0 Å². The van der Waals surface area contributed by atoms with Gasteiger partial charge in [-0.25, -0.2) is 4.98 Å². The molecule has 0 bridgehead atoms. The van der Waals surface area contributed by atoms with Gasteiger partial charge in [-0.2, -0.15) is 0 Å². The van der Waals surface area contributed by atoms with Gasteiger partial charge in [0.2, 0.25) is 5.95 Å². The van der Waals surface area contributed by atoms with Gasteiger partial charge >= 0.3 is 0 Å². The Morgan fingerprint density at radius 2 is 1.71 bits per heavy atom. The van der Waals surface area contributed by atoms with E-state index in [1.807, 2.05) is 6.07 Å². The lowest BCUT2D eigenvalue weighted by Gasteiger charge is -2.50. The molecule has 6 rings (SSSR count). The summed E-state index contributed by atoms with van der Waals surface area (Å²) in [5.74, 6) is 0.469. The highest BCUT2D eigenvalue weighted by Gasteiger charge is 2.47. The normalized spacial score (nSPS) is 19.9. The number of aromatic nitrogens is 2. The summed E-state index contributed by atoms with van der Waals surface area (Å²) < 4.78 is 3.28. The van der Waals surface area contributed by atoms with Crippen molar-refractivity contribution in [3.8, 4) is 11.3 Å². The smallest absolute Gasteiger partial charge is 0.252 e. The first-order valence-corrected chi connectivity index (χ1v) is 15.0. The number of benzene rings is 2. The van der Waals surface area contributed by atoms with E-state index in [0.29, 0.717) is 17.1 Å². The second kappa shape index (κ2) is 10.8. The van der Waals surface area contributed by atoms with E-state index in [-0.39, 0.29) is 5.56 Å². The van der Waals surface area contributed by atoms with Crippen LogP contribution in [0.3, 0.4) is 0 Å². The summed E-state index contributed by atoms with van der Waals surface area (Å²) in [7, 11) is 0. The quantitative estimate of drug-likeness (QED) is 0.360. The van der Waals surface area contributed by atoms with Crippen molar-refractivity contribution in [2.24, 2.45) is 5.41 Å². The van der Waals surface area contributed by atoms with Crippen LogP contribution in [0.5, 0.6) is 0 Å². The number of nitrogens with one attached hydrogen (secondary N) is 2. The third-order valence-corrected chi connectivity index (χ3v) is 9.76. The van der Waals surface area contributed by atoms with Crippen molar-refractivity contribution in [3.05, 3.63) is 70.0 Å². The van der Waals surface area contributed by atoms with Gasteiger partial charge in [-0.15, -0.1) is 0 Å². The maximum absolute atomic E-state index is 12.4. The molecule has 3 aliphatic rings. The summed E-state index contributed by atoms with van der Waals surface area (Å²) in [6.07, 6.45) is 9.94. The van der Waals surface area contributed by atoms with Gasteiger partial charge in [0, 0.05) is 54.4 Å². The molecule has 200 valence electrons. The first-order chi connectivity index (χ1) is 18.5. The third-order valence-electron chi connectivity index (χ3n) is 8.98. The SMILES string of the molecule is Cc1cccc(C)c1-c1cc(=O)[nH]c(NSc2cccc(N3CCCN(C4CC5(CCCC5)C4)CC3)c2)n1. The van der Waals surface area contributed by atoms with E-state index in [9.17, 15) is 4.79 Å². The molecule has 2 saturated carbocycles. The summed E-state index contributed by atoms with van der Waals surface area (Å²) in [5, 5.41) is 0. The van der Waals surface area contributed by atoms with E-state index in [2.05, 4.69) is 69.8 Å². The number of H-pyrrole nitrogens is 1. The highest BCUT2D eigenvalue weighted by Crippen LogP contribution is 2.54. The van der Waals surface area contributed by atoms with E-state index in [1.165, 1.54) is 69.1 Å². The van der Waals surface area contributed by atoms with Crippen LogP contribution in [0, 0.1) is 19.3 Å². The molecule has 3 fully saturated rings. The summed E-state index contributed by atoms with van der Waals surface area (Å²) in [5.41, 5.74) is 5.76. The minimum Gasteiger partial charge on any atom is -0.370 e. The number of rotatable bonds is 6. The second-order valence-corrected chi connectivity index (χ2v) is 12.5. The molecule has 6 nitrogen and oxygen atoms in total. The molecule has 2 aliphatic carbocycles. The number of anilines is 2. The van der Waals surface area contributed by atoms with Gasteiger partial charge in [-0.1, -0.05) is 37.1 Å². The van der Waals surface area contributed by atoms with E-state index in [0.717, 1.165) is 47.3 Å². The van der Waals surface area contributed by atoms with Gasteiger partial charge in [0.15, 0.2) is 0 Å². The fourth-order valence-corrected chi connectivity index (χ4v) is 7.63. The maximum Gasteiger partial charge on any atom is 0.252 e. The van der Waals surface area contributed by atoms with Crippen LogP contribution in [0.25, 0.3) is 11.3 Å². The molecule has 0 radical (unpaired) electrons. The molecule has 2 heterocycles. The minimum atomic E-state index is -0.158. The number of nitrogens with zero attached hydrogens (tertiary/aromatic N) is 3. The van der Waals surface area contributed by atoms with Crippen LogP contribution in [0.15, 0.2) is 58.2 Å². The zero-order valence-electron chi connectivity index (χ0n) is 22.6. The van der Waals surface area contributed by atoms with Crippen LogP contribution >= 0.6 is 11.9 Å². The predicted molar refractivity (Wildman–Crippen MR) is 158 cm³/mol. The Bertz CT molecular complexity index is 1320. The Morgan fingerprint density at radius 1 is 0.947 bits per heavy atom. The predicted octanol–water partition coefficient (Wildman–Crippen LogP) is 6.41. The lowest BCUT2D eigenvalue weighted by atomic mass is 9.64. The zero-order chi connectivity index (χ0) is 26.1. The molecule has 38 heavy (non-hydrogen) atoms. The first-order valence-electron chi connectivity index (χ1n) is 14.2. The highest BCUT2D eigenvalue weighted by atomic mass is 32.2. The van der Waals surface area contributed by atoms with E-state index < -0.39 is 0 Å². The summed E-state index contributed by atoms with van der Waals surface area (Å²) in [4.78, 5) is 26.4. The lowest BCUT2D eigenvalue weighted by Crippen LogP contribution is -2.51. The molecule has 0 unspecified atom stereocenters. The van der Waals surface area contributed by atoms with Crippen LogP contribution < -0.4 is 15.2 Å². The number of aromatic amines is 1. The standard InChI is InChI=1S/C31H39N5OS/c1-22-8-5-9-23(2)29(22)27-19-28(37)33-30(32-27)34-38-26-11-6-10-24(18-26)35-14-7-15-36(17-16-35)25-20-31(21-25)12-3-4-13-31/h5-6,8-11,18-19,25H,3-4,7,12-17,20-21H2,1-2H3,(H2,32,33,34,37). The Balaban J connectivity index is 1.09. The molecular formula is C31H39N5OS. The van der Waals surface area contributed by atoms with Gasteiger partial charge < -0.3 is 4.90 Å². The molecule has 1 aliphatic heterocycles. The molecule has 3 aromatic rings. The molecule has 2 N–H and O–H groups in total. The van der Waals surface area contributed by atoms with E-state index in [4.69, 9.17) is 4.98 Å². The van der Waals surface area contributed by atoms with Crippen molar-refractivity contribution in [1.82, 2.24) is 14.9 Å². The summed E-state index contributed by atoms with van der Waals surface area (Å²) in [6, 6.07) is 17.2. The van der Waals surface area contributed by atoms with Crippen LogP contribution in [-0.2, 0) is 0 Å². The van der Waals surface area contributed by atoms with Gasteiger partial charge in [-0.05, 0) is 92.6 Å². The van der Waals surface area contributed by atoms with Gasteiger partial charge in [0.25, 0.3) is 5.56 Å². The molecule has 1 aromatic heterocycles. The lowest BCUT2D eigenvalue weighted by molar-refractivity contribution is 0.00834. The second-order valence-electron chi connectivity index (χ2n) is 11.6. The molecule has 0 atom stereocenters. The van der Waals surface area contributed by atoms with Crippen molar-refractivity contribution in [3.63, 3.8) is 0 Å². The monoisotopic (exact) mass is 529 g/mol. The van der Waals surface area contributed by atoms with Crippen molar-refractivity contribution >= 4 is 23.6 Å². The highest BCUT2D eigenvalue weighted by molar-refractivity contribution is 8.00. The topological polar surface area (TPSA) is 64.3 Å². The Kier molecular flexibility index (Phi) is 7.23. The van der Waals surface area contributed by atoms with Gasteiger partial charge in [0.1, 0.15) is 0 Å². The van der Waals surface area contributed by atoms with Crippen LogP contribution in [0.1, 0.15) is 56.1 Å². The minimum absolute atomic E-state index is 0.158. The number of hydrogen-bond donors (Lipinski definition) is 2. The molecule has 0 amide bonds. The summed E-state index contributed by atoms with van der Waals surface area (Å²) >= 11 is 1.49. The van der Waals surface area contributed by atoms with Gasteiger partial charge in [0.05, 0.1) is 5.69 Å². The van der Waals surface area contributed by atoms with E-state index in [1.54, 1.807) is 6.07 Å². The third kappa shape index (κ3) is 5.36. The molecular weight excluding hydrogens is 490 g/mol. The van der Waals surface area contributed by atoms with Crippen LogP contribution in [0.2, 0.25) is 0 Å². The van der Waals surface area contributed by atoms with Crippen molar-refractivity contribution < 1.29 is 0 Å². The molecule has 7 heteroatoms.